The molecule has 2 heterocycles. The highest BCUT2D eigenvalue weighted by atomic mass is 19.1. The zero-order chi connectivity index (χ0) is 21.3. The molecule has 9 nitrogen and oxygen atoms in total. The largest absolute Gasteiger partial charge is 0.493 e. The maximum atomic E-state index is 13.6. The van der Waals surface area contributed by atoms with Gasteiger partial charge in [0.2, 0.25) is 11.6 Å². The van der Waals surface area contributed by atoms with E-state index in [9.17, 15) is 4.39 Å². The van der Waals surface area contributed by atoms with Gasteiger partial charge in [0, 0.05) is 5.56 Å². The fraction of sp³-hybridized carbons (Fsp3) is 0.200. The van der Waals surface area contributed by atoms with Crippen molar-refractivity contribution >= 4 is 0 Å². The third-order valence-electron chi connectivity index (χ3n) is 4.50. The average Bonchev–Trinajstić information content (AvgIpc) is 3.39. The number of halogens is 1. The number of benzene rings is 2. The molecule has 4 aromatic rings. The van der Waals surface area contributed by atoms with Gasteiger partial charge in [-0.15, -0.1) is 5.10 Å². The summed E-state index contributed by atoms with van der Waals surface area (Å²) in [4.78, 5) is 4.42. The van der Waals surface area contributed by atoms with Crippen LogP contribution in [0.2, 0.25) is 0 Å². The molecule has 0 aliphatic heterocycles. The Hall–Kier alpha value is -3.95. The summed E-state index contributed by atoms with van der Waals surface area (Å²) in [6, 6.07) is 9.47. The molecule has 30 heavy (non-hydrogen) atoms. The van der Waals surface area contributed by atoms with E-state index in [0.29, 0.717) is 45.7 Å². The fourth-order valence-electron chi connectivity index (χ4n) is 3.03. The van der Waals surface area contributed by atoms with Gasteiger partial charge >= 0.3 is 0 Å². The topological polar surface area (TPSA) is 97.3 Å². The van der Waals surface area contributed by atoms with Crippen molar-refractivity contribution in [2.24, 2.45) is 0 Å². The van der Waals surface area contributed by atoms with Gasteiger partial charge in [0.1, 0.15) is 5.82 Å². The lowest BCUT2D eigenvalue weighted by Crippen LogP contribution is -1.99. The molecule has 2 aromatic heterocycles. The highest BCUT2D eigenvalue weighted by Crippen LogP contribution is 2.40. The summed E-state index contributed by atoms with van der Waals surface area (Å²) in [5, 5.41) is 12.2. The maximum Gasteiger partial charge on any atom is 0.280 e. The molecule has 0 aliphatic carbocycles. The number of hydrogen-bond donors (Lipinski definition) is 0. The molecular formula is C20H18FN5O4. The summed E-state index contributed by atoms with van der Waals surface area (Å²) in [7, 11) is 4.57. The molecule has 0 radical (unpaired) electrons. The average molecular weight is 411 g/mol. The van der Waals surface area contributed by atoms with Crippen LogP contribution >= 0.6 is 0 Å². The summed E-state index contributed by atoms with van der Waals surface area (Å²) < 4.78 is 36.5. The van der Waals surface area contributed by atoms with Crippen LogP contribution in [0.3, 0.4) is 0 Å². The molecule has 0 saturated carbocycles. The SMILES string of the molecule is COc1cc(-c2noc(-c3nnn(-c4cccc(F)c4)c3C)n2)cc(OC)c1OC. The monoisotopic (exact) mass is 411 g/mol. The lowest BCUT2D eigenvalue weighted by atomic mass is 10.1. The zero-order valence-corrected chi connectivity index (χ0v) is 16.7. The molecule has 0 saturated heterocycles. The Labute approximate surface area is 171 Å². The van der Waals surface area contributed by atoms with Crippen molar-refractivity contribution in [2.45, 2.75) is 6.92 Å². The third-order valence-corrected chi connectivity index (χ3v) is 4.50. The van der Waals surface area contributed by atoms with Crippen molar-refractivity contribution < 1.29 is 23.1 Å². The van der Waals surface area contributed by atoms with Crippen LogP contribution < -0.4 is 14.2 Å². The van der Waals surface area contributed by atoms with Crippen LogP contribution in [-0.4, -0.2) is 46.5 Å². The molecule has 0 amide bonds. The highest BCUT2D eigenvalue weighted by molar-refractivity contribution is 5.67. The summed E-state index contributed by atoms with van der Waals surface area (Å²) in [6.45, 7) is 1.78. The molecule has 10 heteroatoms. The summed E-state index contributed by atoms with van der Waals surface area (Å²) >= 11 is 0. The van der Waals surface area contributed by atoms with E-state index in [0.717, 1.165) is 0 Å². The third kappa shape index (κ3) is 3.32. The summed E-state index contributed by atoms with van der Waals surface area (Å²) in [5.41, 5.74) is 2.16. The van der Waals surface area contributed by atoms with E-state index in [-0.39, 0.29) is 11.7 Å². The first kappa shape index (κ1) is 19.4. The molecule has 0 aliphatic rings. The second-order valence-electron chi connectivity index (χ2n) is 6.25. The predicted molar refractivity (Wildman–Crippen MR) is 104 cm³/mol. The maximum absolute atomic E-state index is 13.6. The number of rotatable bonds is 6. The number of hydrogen-bond acceptors (Lipinski definition) is 8. The quantitative estimate of drug-likeness (QED) is 0.476. The number of aromatic nitrogens is 5. The molecule has 0 N–H and O–H groups in total. The molecule has 2 aromatic carbocycles. The standard InChI is InChI=1S/C20H18FN5O4/c1-11-17(23-25-26(11)14-7-5-6-13(21)10-14)20-22-19(24-30-20)12-8-15(27-2)18(29-4)16(9-12)28-3/h5-10H,1-4H3. The van der Waals surface area contributed by atoms with Crippen molar-refractivity contribution in [3.63, 3.8) is 0 Å². The minimum absolute atomic E-state index is 0.180. The molecule has 0 unspecified atom stereocenters. The first-order chi connectivity index (χ1) is 14.5. The molecule has 0 fully saturated rings. The first-order valence-corrected chi connectivity index (χ1v) is 8.88. The molecular weight excluding hydrogens is 393 g/mol. The number of ether oxygens (including phenoxy) is 3. The Morgan fingerprint density at radius 3 is 2.37 bits per heavy atom. The van der Waals surface area contributed by atoms with Gasteiger partial charge in [-0.2, -0.15) is 4.98 Å². The lowest BCUT2D eigenvalue weighted by molar-refractivity contribution is 0.324. The lowest BCUT2D eigenvalue weighted by Gasteiger charge is -2.12. The first-order valence-electron chi connectivity index (χ1n) is 8.88. The van der Waals surface area contributed by atoms with E-state index in [1.54, 1.807) is 31.2 Å². The van der Waals surface area contributed by atoms with Crippen LogP contribution in [0.5, 0.6) is 17.2 Å². The molecule has 0 atom stereocenters. The van der Waals surface area contributed by atoms with Crippen molar-refractivity contribution in [3.8, 4) is 45.9 Å². The molecule has 0 bridgehead atoms. The van der Waals surface area contributed by atoms with E-state index >= 15 is 0 Å². The van der Waals surface area contributed by atoms with Crippen LogP contribution in [0.25, 0.3) is 28.7 Å². The summed E-state index contributed by atoms with van der Waals surface area (Å²) in [5.74, 6) is 1.51. The zero-order valence-electron chi connectivity index (χ0n) is 16.7. The van der Waals surface area contributed by atoms with Crippen molar-refractivity contribution in [1.82, 2.24) is 25.1 Å². The van der Waals surface area contributed by atoms with E-state index in [2.05, 4.69) is 20.5 Å². The van der Waals surface area contributed by atoms with Gasteiger partial charge < -0.3 is 18.7 Å². The van der Waals surface area contributed by atoms with Gasteiger partial charge in [0.15, 0.2) is 17.2 Å². The van der Waals surface area contributed by atoms with Crippen molar-refractivity contribution in [1.29, 1.82) is 0 Å². The van der Waals surface area contributed by atoms with Gasteiger partial charge in [0.05, 0.1) is 32.7 Å². The van der Waals surface area contributed by atoms with Gasteiger partial charge in [-0.25, -0.2) is 9.07 Å². The second-order valence-corrected chi connectivity index (χ2v) is 6.25. The molecule has 154 valence electrons. The van der Waals surface area contributed by atoms with E-state index in [1.165, 1.54) is 38.1 Å². The molecule has 0 spiro atoms. The van der Waals surface area contributed by atoms with Gasteiger partial charge in [-0.3, -0.25) is 0 Å². The van der Waals surface area contributed by atoms with Crippen LogP contribution in [0.1, 0.15) is 5.69 Å². The van der Waals surface area contributed by atoms with Gasteiger partial charge in [0.25, 0.3) is 5.89 Å². The highest BCUT2D eigenvalue weighted by Gasteiger charge is 2.21. The Bertz CT molecular complexity index is 1180. The van der Waals surface area contributed by atoms with Crippen molar-refractivity contribution in [2.75, 3.05) is 21.3 Å². The minimum Gasteiger partial charge on any atom is -0.493 e. The molecule has 4 rings (SSSR count). The van der Waals surface area contributed by atoms with E-state index in [1.807, 2.05) is 0 Å². The number of methoxy groups -OCH3 is 3. The van der Waals surface area contributed by atoms with Gasteiger partial charge in [-0.05, 0) is 37.3 Å². The Kier molecular flexibility index (Phi) is 5.05. The minimum atomic E-state index is -0.369. The van der Waals surface area contributed by atoms with E-state index in [4.69, 9.17) is 18.7 Å². The smallest absolute Gasteiger partial charge is 0.280 e. The Balaban J connectivity index is 1.72. The van der Waals surface area contributed by atoms with Crippen molar-refractivity contribution in [3.05, 3.63) is 47.9 Å². The summed E-state index contributed by atoms with van der Waals surface area (Å²) in [6.07, 6.45) is 0. The predicted octanol–water partition coefficient (Wildman–Crippen LogP) is 3.46. The van der Waals surface area contributed by atoms with Gasteiger partial charge in [-0.1, -0.05) is 16.4 Å². The van der Waals surface area contributed by atoms with E-state index < -0.39 is 0 Å². The fourth-order valence-corrected chi connectivity index (χ4v) is 3.03. The Morgan fingerprint density at radius 1 is 1.00 bits per heavy atom. The van der Waals surface area contributed by atoms with Crippen LogP contribution in [0, 0.1) is 12.7 Å². The second kappa shape index (κ2) is 7.82. The van der Waals surface area contributed by atoms with Crippen LogP contribution in [0.4, 0.5) is 4.39 Å². The van der Waals surface area contributed by atoms with Crippen LogP contribution in [-0.2, 0) is 0 Å². The Morgan fingerprint density at radius 2 is 1.73 bits per heavy atom. The normalized spacial score (nSPS) is 10.8. The van der Waals surface area contributed by atoms with Crippen LogP contribution in [0.15, 0.2) is 40.9 Å². The number of nitrogens with zero attached hydrogens (tertiary/aromatic N) is 5.